The van der Waals surface area contributed by atoms with Crippen LogP contribution in [0.25, 0.3) is 11.3 Å². The molecule has 0 unspecified atom stereocenters. The summed E-state index contributed by atoms with van der Waals surface area (Å²) in [7, 11) is 0. The monoisotopic (exact) mass is 328 g/mol. The molecule has 2 aromatic heterocycles. The standard InChI is InChI=1S/C16H16N4O2S/c21-9-15-17-18-16(20(15)12-6-7-12)23-10-13-8-14(19-22-13)11-4-2-1-3-5-11/h1-5,8,12,21H,6-7,9-10H2. The zero-order chi connectivity index (χ0) is 15.6. The van der Waals surface area contributed by atoms with Gasteiger partial charge in [0.1, 0.15) is 18.1 Å². The molecule has 0 aliphatic heterocycles. The van der Waals surface area contributed by atoms with Gasteiger partial charge in [-0.05, 0) is 12.8 Å². The highest BCUT2D eigenvalue weighted by molar-refractivity contribution is 7.98. The van der Waals surface area contributed by atoms with E-state index in [1.807, 2.05) is 41.0 Å². The van der Waals surface area contributed by atoms with Gasteiger partial charge in [0, 0.05) is 17.7 Å². The molecule has 2 heterocycles. The van der Waals surface area contributed by atoms with E-state index in [9.17, 15) is 5.11 Å². The van der Waals surface area contributed by atoms with Crippen LogP contribution in [0, 0.1) is 0 Å². The summed E-state index contributed by atoms with van der Waals surface area (Å²) in [4.78, 5) is 0. The van der Waals surface area contributed by atoms with Crippen LogP contribution in [0.2, 0.25) is 0 Å². The molecule has 0 bridgehead atoms. The van der Waals surface area contributed by atoms with Crippen molar-refractivity contribution in [2.45, 2.75) is 36.4 Å². The largest absolute Gasteiger partial charge is 0.388 e. The van der Waals surface area contributed by atoms with Crippen molar-refractivity contribution in [3.8, 4) is 11.3 Å². The maximum atomic E-state index is 9.36. The van der Waals surface area contributed by atoms with Crippen LogP contribution in [0.5, 0.6) is 0 Å². The lowest BCUT2D eigenvalue weighted by molar-refractivity contribution is 0.263. The Balaban J connectivity index is 1.48. The average Bonchev–Trinajstić information content (AvgIpc) is 3.18. The maximum Gasteiger partial charge on any atom is 0.191 e. The van der Waals surface area contributed by atoms with Crippen LogP contribution in [-0.2, 0) is 12.4 Å². The Kier molecular flexibility index (Phi) is 3.88. The van der Waals surface area contributed by atoms with Gasteiger partial charge in [0.15, 0.2) is 11.0 Å². The molecule has 1 fully saturated rings. The molecule has 0 radical (unpaired) electrons. The fraction of sp³-hybridized carbons (Fsp3) is 0.312. The summed E-state index contributed by atoms with van der Waals surface area (Å²) in [5.41, 5.74) is 1.87. The van der Waals surface area contributed by atoms with Crippen LogP contribution in [0.1, 0.15) is 30.5 Å². The first-order valence-corrected chi connectivity index (χ1v) is 8.52. The summed E-state index contributed by atoms with van der Waals surface area (Å²) < 4.78 is 7.45. The van der Waals surface area contributed by atoms with E-state index in [-0.39, 0.29) is 6.61 Å². The van der Waals surface area contributed by atoms with Crippen LogP contribution >= 0.6 is 11.8 Å². The Morgan fingerprint density at radius 1 is 1.22 bits per heavy atom. The lowest BCUT2D eigenvalue weighted by Gasteiger charge is -2.05. The molecule has 1 N–H and O–H groups in total. The first-order chi connectivity index (χ1) is 11.3. The Bertz CT molecular complexity index is 796. The number of aromatic nitrogens is 4. The van der Waals surface area contributed by atoms with Gasteiger partial charge >= 0.3 is 0 Å². The second-order valence-corrected chi connectivity index (χ2v) is 6.43. The van der Waals surface area contributed by atoms with Crippen LogP contribution in [0.3, 0.4) is 0 Å². The van der Waals surface area contributed by atoms with Crippen LogP contribution in [-0.4, -0.2) is 25.0 Å². The molecule has 0 atom stereocenters. The minimum absolute atomic E-state index is 0.0788. The number of rotatable bonds is 6. The van der Waals surface area contributed by atoms with Crippen molar-refractivity contribution in [1.29, 1.82) is 0 Å². The first-order valence-electron chi connectivity index (χ1n) is 7.53. The summed E-state index contributed by atoms with van der Waals surface area (Å²) in [6, 6.07) is 12.3. The van der Waals surface area contributed by atoms with Crippen molar-refractivity contribution in [1.82, 2.24) is 19.9 Å². The van der Waals surface area contributed by atoms with E-state index in [4.69, 9.17) is 4.52 Å². The van der Waals surface area contributed by atoms with Gasteiger partial charge in [-0.15, -0.1) is 10.2 Å². The maximum absolute atomic E-state index is 9.36. The minimum atomic E-state index is -0.0788. The van der Waals surface area contributed by atoms with Gasteiger partial charge in [0.05, 0.1) is 5.75 Å². The number of aliphatic hydroxyl groups is 1. The van der Waals surface area contributed by atoms with Crippen molar-refractivity contribution in [3.63, 3.8) is 0 Å². The number of hydrogen-bond donors (Lipinski definition) is 1. The minimum Gasteiger partial charge on any atom is -0.388 e. The van der Waals surface area contributed by atoms with Crippen molar-refractivity contribution < 1.29 is 9.63 Å². The summed E-state index contributed by atoms with van der Waals surface area (Å²) in [6.07, 6.45) is 2.25. The highest BCUT2D eigenvalue weighted by atomic mass is 32.2. The van der Waals surface area contributed by atoms with Gasteiger partial charge in [-0.3, -0.25) is 0 Å². The van der Waals surface area contributed by atoms with E-state index in [0.717, 1.165) is 35.0 Å². The van der Waals surface area contributed by atoms with E-state index >= 15 is 0 Å². The normalized spacial score (nSPS) is 14.3. The molecule has 1 saturated carbocycles. The van der Waals surface area contributed by atoms with E-state index in [1.165, 1.54) is 0 Å². The van der Waals surface area contributed by atoms with E-state index in [1.54, 1.807) is 11.8 Å². The van der Waals surface area contributed by atoms with Crippen molar-refractivity contribution in [2.24, 2.45) is 0 Å². The van der Waals surface area contributed by atoms with Gasteiger partial charge in [-0.2, -0.15) is 0 Å². The quantitative estimate of drug-likeness (QED) is 0.701. The molecule has 1 aliphatic rings. The first kappa shape index (κ1) is 14.5. The van der Waals surface area contributed by atoms with Gasteiger partial charge in [0.2, 0.25) is 0 Å². The molecule has 3 aromatic rings. The number of nitrogens with zero attached hydrogens (tertiary/aromatic N) is 4. The van der Waals surface area contributed by atoms with Gasteiger partial charge in [-0.1, -0.05) is 47.3 Å². The number of hydrogen-bond acceptors (Lipinski definition) is 6. The molecule has 0 spiro atoms. The zero-order valence-electron chi connectivity index (χ0n) is 12.4. The topological polar surface area (TPSA) is 77.0 Å². The van der Waals surface area contributed by atoms with E-state index < -0.39 is 0 Å². The molecule has 1 aliphatic carbocycles. The van der Waals surface area contributed by atoms with Gasteiger partial charge in [0.25, 0.3) is 0 Å². The average molecular weight is 328 g/mol. The highest BCUT2D eigenvalue weighted by Crippen LogP contribution is 2.39. The summed E-state index contributed by atoms with van der Waals surface area (Å²) in [5, 5.41) is 22.5. The molecule has 23 heavy (non-hydrogen) atoms. The molecule has 0 amide bonds. The molecular weight excluding hydrogens is 312 g/mol. The predicted molar refractivity (Wildman–Crippen MR) is 85.7 cm³/mol. The fourth-order valence-electron chi connectivity index (χ4n) is 2.47. The second-order valence-electron chi connectivity index (χ2n) is 5.49. The molecule has 6 nitrogen and oxygen atoms in total. The van der Waals surface area contributed by atoms with Crippen LogP contribution in [0.4, 0.5) is 0 Å². The summed E-state index contributed by atoms with van der Waals surface area (Å²) >= 11 is 1.56. The SMILES string of the molecule is OCc1nnc(SCc2cc(-c3ccccc3)no2)n1C1CC1. The molecule has 1 aromatic carbocycles. The molecular formula is C16H16N4O2S. The molecule has 0 saturated heterocycles. The van der Waals surface area contributed by atoms with Crippen LogP contribution < -0.4 is 0 Å². The second kappa shape index (κ2) is 6.17. The summed E-state index contributed by atoms with van der Waals surface area (Å²) in [5.74, 6) is 2.07. The molecule has 4 rings (SSSR count). The molecule has 7 heteroatoms. The van der Waals surface area contributed by atoms with Crippen molar-refractivity contribution in [2.75, 3.05) is 0 Å². The van der Waals surface area contributed by atoms with E-state index in [0.29, 0.717) is 17.6 Å². The lowest BCUT2D eigenvalue weighted by atomic mass is 10.1. The fourth-order valence-corrected chi connectivity index (χ4v) is 3.37. The summed E-state index contributed by atoms with van der Waals surface area (Å²) in [6.45, 7) is -0.0788. The third kappa shape index (κ3) is 3.02. The Morgan fingerprint density at radius 3 is 2.78 bits per heavy atom. The van der Waals surface area contributed by atoms with Gasteiger partial charge < -0.3 is 14.2 Å². The number of aliphatic hydroxyl groups excluding tert-OH is 1. The van der Waals surface area contributed by atoms with Crippen LogP contribution in [0.15, 0.2) is 46.1 Å². The molecule has 118 valence electrons. The lowest BCUT2D eigenvalue weighted by Crippen LogP contribution is -2.02. The van der Waals surface area contributed by atoms with Crippen molar-refractivity contribution >= 4 is 11.8 Å². The Hall–Kier alpha value is -2.12. The predicted octanol–water partition coefficient (Wildman–Crippen LogP) is 3.05. The third-order valence-electron chi connectivity index (χ3n) is 3.76. The smallest absolute Gasteiger partial charge is 0.191 e. The Morgan fingerprint density at radius 2 is 2.04 bits per heavy atom. The van der Waals surface area contributed by atoms with E-state index in [2.05, 4.69) is 15.4 Å². The number of benzene rings is 1. The van der Waals surface area contributed by atoms with Gasteiger partial charge in [-0.25, -0.2) is 0 Å². The third-order valence-corrected chi connectivity index (χ3v) is 4.73. The zero-order valence-corrected chi connectivity index (χ0v) is 13.2. The highest BCUT2D eigenvalue weighted by Gasteiger charge is 2.29. The van der Waals surface area contributed by atoms with Crippen molar-refractivity contribution in [3.05, 3.63) is 48.0 Å². The Labute approximate surface area is 137 Å². The number of thioether (sulfide) groups is 1.